The number of hydrogen-bond acceptors (Lipinski definition) is 3. The van der Waals surface area contributed by atoms with Crippen molar-refractivity contribution in [3.63, 3.8) is 0 Å². The summed E-state index contributed by atoms with van der Waals surface area (Å²) in [6.07, 6.45) is 2.57. The van der Waals surface area contributed by atoms with E-state index in [-0.39, 0.29) is 0 Å². The lowest BCUT2D eigenvalue weighted by atomic mass is 10.1. The third-order valence-corrected chi connectivity index (χ3v) is 3.74. The van der Waals surface area contributed by atoms with Crippen LogP contribution in [0.4, 0.5) is 5.69 Å². The molecule has 0 saturated carbocycles. The van der Waals surface area contributed by atoms with Gasteiger partial charge in [-0.3, -0.25) is 0 Å². The minimum atomic E-state index is 0.306. The van der Waals surface area contributed by atoms with Crippen LogP contribution in [0, 0.1) is 11.3 Å². The number of rotatable bonds is 4. The molecule has 0 N–H and O–H groups in total. The molecule has 0 aromatic heterocycles. The average Bonchev–Trinajstić information content (AvgIpc) is 2.89. The van der Waals surface area contributed by atoms with E-state index in [1.54, 1.807) is 0 Å². The third kappa shape index (κ3) is 3.04. The van der Waals surface area contributed by atoms with E-state index >= 15 is 0 Å². The highest BCUT2D eigenvalue weighted by Gasteiger charge is 2.20. The number of halogens is 1. The van der Waals surface area contributed by atoms with Crippen molar-refractivity contribution >= 4 is 21.6 Å². The zero-order valence-corrected chi connectivity index (χ0v) is 12.1. The summed E-state index contributed by atoms with van der Waals surface area (Å²) in [4.78, 5) is 2.22. The molecule has 1 unspecified atom stereocenters. The van der Waals surface area contributed by atoms with Gasteiger partial charge in [-0.05, 0) is 38.0 Å². The van der Waals surface area contributed by atoms with E-state index in [1.165, 1.54) is 0 Å². The molecule has 1 aromatic rings. The summed E-state index contributed by atoms with van der Waals surface area (Å²) in [6.45, 7) is 4.73. The summed E-state index contributed by atoms with van der Waals surface area (Å²) >= 11 is 3.40. The molecule has 2 rings (SSSR count). The predicted molar refractivity (Wildman–Crippen MR) is 75.7 cm³/mol. The van der Waals surface area contributed by atoms with Gasteiger partial charge in [0.05, 0.1) is 17.4 Å². The number of ether oxygens (including phenoxy) is 1. The second kappa shape index (κ2) is 6.21. The highest BCUT2D eigenvalue weighted by Crippen LogP contribution is 2.25. The quantitative estimate of drug-likeness (QED) is 0.856. The lowest BCUT2D eigenvalue weighted by Gasteiger charge is -2.27. The van der Waals surface area contributed by atoms with E-state index in [0.717, 1.165) is 42.7 Å². The Labute approximate surface area is 116 Å². The number of hydrogen-bond donors (Lipinski definition) is 0. The fraction of sp³-hybridized carbons (Fsp3) is 0.500. The molecule has 4 heteroatoms. The minimum absolute atomic E-state index is 0.306. The Hall–Kier alpha value is -1.05. The molecule has 1 aromatic carbocycles. The molecule has 0 amide bonds. The molecule has 1 aliphatic heterocycles. The molecule has 1 aliphatic rings. The number of anilines is 1. The van der Waals surface area contributed by atoms with Crippen molar-refractivity contribution in [1.29, 1.82) is 5.26 Å². The Kier molecular flexibility index (Phi) is 4.62. The zero-order valence-electron chi connectivity index (χ0n) is 10.5. The molecule has 0 spiro atoms. The fourth-order valence-corrected chi connectivity index (χ4v) is 2.67. The van der Waals surface area contributed by atoms with Crippen LogP contribution >= 0.6 is 15.9 Å². The van der Waals surface area contributed by atoms with Crippen LogP contribution in [0.1, 0.15) is 25.3 Å². The third-order valence-electron chi connectivity index (χ3n) is 3.25. The van der Waals surface area contributed by atoms with E-state index in [1.807, 2.05) is 18.2 Å². The van der Waals surface area contributed by atoms with Gasteiger partial charge in [-0.25, -0.2) is 0 Å². The van der Waals surface area contributed by atoms with E-state index in [9.17, 15) is 5.26 Å². The monoisotopic (exact) mass is 308 g/mol. The van der Waals surface area contributed by atoms with E-state index < -0.39 is 0 Å². The highest BCUT2D eigenvalue weighted by atomic mass is 79.9. The molecule has 1 heterocycles. The second-order valence-electron chi connectivity index (χ2n) is 4.45. The maximum atomic E-state index is 9.22. The molecular formula is C14H17BrN2O. The summed E-state index contributed by atoms with van der Waals surface area (Å²) in [7, 11) is 0. The van der Waals surface area contributed by atoms with Gasteiger partial charge in [0.1, 0.15) is 6.07 Å². The molecular weight excluding hydrogens is 292 g/mol. The Balaban J connectivity index is 2.18. The van der Waals surface area contributed by atoms with Gasteiger partial charge in [0, 0.05) is 24.2 Å². The largest absolute Gasteiger partial charge is 0.376 e. The summed E-state index contributed by atoms with van der Waals surface area (Å²) in [6, 6.07) is 8.11. The van der Waals surface area contributed by atoms with Gasteiger partial charge >= 0.3 is 0 Å². The van der Waals surface area contributed by atoms with Gasteiger partial charge in [-0.1, -0.05) is 15.9 Å². The maximum Gasteiger partial charge on any atom is 0.101 e. The number of nitriles is 1. The summed E-state index contributed by atoms with van der Waals surface area (Å²) in [5, 5.41) is 9.22. The van der Waals surface area contributed by atoms with Crippen LogP contribution in [-0.2, 0) is 4.74 Å². The van der Waals surface area contributed by atoms with Crippen LogP contribution in [0.2, 0.25) is 0 Å². The van der Waals surface area contributed by atoms with Crippen molar-refractivity contribution in [2.24, 2.45) is 0 Å². The Morgan fingerprint density at radius 1 is 1.56 bits per heavy atom. The second-order valence-corrected chi connectivity index (χ2v) is 5.36. The molecule has 1 saturated heterocycles. The molecule has 18 heavy (non-hydrogen) atoms. The average molecular weight is 309 g/mol. The summed E-state index contributed by atoms with van der Waals surface area (Å²) in [5.74, 6) is 0. The van der Waals surface area contributed by atoms with Crippen LogP contribution in [0.15, 0.2) is 22.7 Å². The SMILES string of the molecule is CCN(CC1CCCO1)c1ccc(Br)cc1C#N. The molecule has 96 valence electrons. The highest BCUT2D eigenvalue weighted by molar-refractivity contribution is 9.10. The molecule has 0 radical (unpaired) electrons. The number of nitrogens with zero attached hydrogens (tertiary/aromatic N) is 2. The van der Waals surface area contributed by atoms with E-state index in [4.69, 9.17) is 4.74 Å². The van der Waals surface area contributed by atoms with Crippen molar-refractivity contribution in [2.75, 3.05) is 24.6 Å². The van der Waals surface area contributed by atoms with Crippen molar-refractivity contribution in [3.8, 4) is 6.07 Å². The fourth-order valence-electron chi connectivity index (χ4n) is 2.31. The lowest BCUT2D eigenvalue weighted by molar-refractivity contribution is 0.115. The molecule has 0 aliphatic carbocycles. The van der Waals surface area contributed by atoms with Crippen LogP contribution in [0.3, 0.4) is 0 Å². The Morgan fingerprint density at radius 3 is 3.00 bits per heavy atom. The molecule has 3 nitrogen and oxygen atoms in total. The first-order chi connectivity index (χ1) is 8.74. The van der Waals surface area contributed by atoms with Crippen molar-refractivity contribution in [3.05, 3.63) is 28.2 Å². The smallest absolute Gasteiger partial charge is 0.101 e. The maximum absolute atomic E-state index is 9.22. The van der Waals surface area contributed by atoms with Gasteiger partial charge in [-0.15, -0.1) is 0 Å². The Morgan fingerprint density at radius 2 is 2.39 bits per heavy atom. The normalized spacial score (nSPS) is 18.6. The first kappa shape index (κ1) is 13.4. The van der Waals surface area contributed by atoms with Crippen LogP contribution < -0.4 is 4.90 Å². The van der Waals surface area contributed by atoms with E-state index in [0.29, 0.717) is 11.7 Å². The first-order valence-corrected chi connectivity index (χ1v) is 7.10. The number of benzene rings is 1. The van der Waals surface area contributed by atoms with Crippen LogP contribution in [0.25, 0.3) is 0 Å². The Bertz CT molecular complexity index is 450. The molecule has 0 bridgehead atoms. The van der Waals surface area contributed by atoms with Gasteiger partial charge in [0.2, 0.25) is 0 Å². The van der Waals surface area contributed by atoms with Crippen molar-refractivity contribution < 1.29 is 4.74 Å². The number of likely N-dealkylation sites (N-methyl/N-ethyl adjacent to an activating group) is 1. The summed E-state index contributed by atoms with van der Waals surface area (Å²) in [5.41, 5.74) is 1.71. The molecule has 1 atom stereocenters. The summed E-state index contributed by atoms with van der Waals surface area (Å²) < 4.78 is 6.61. The van der Waals surface area contributed by atoms with Gasteiger partial charge in [0.25, 0.3) is 0 Å². The molecule has 1 fully saturated rings. The zero-order chi connectivity index (χ0) is 13.0. The first-order valence-electron chi connectivity index (χ1n) is 6.30. The van der Waals surface area contributed by atoms with Gasteiger partial charge < -0.3 is 9.64 Å². The van der Waals surface area contributed by atoms with Gasteiger partial charge in [-0.2, -0.15) is 5.26 Å². The van der Waals surface area contributed by atoms with Gasteiger partial charge in [0.15, 0.2) is 0 Å². The lowest BCUT2D eigenvalue weighted by Crippen LogP contribution is -2.32. The standard InChI is InChI=1S/C14H17BrN2O/c1-2-17(10-13-4-3-7-18-13)14-6-5-12(15)8-11(14)9-16/h5-6,8,13H,2-4,7,10H2,1H3. The van der Waals surface area contributed by atoms with E-state index in [2.05, 4.69) is 33.8 Å². The topological polar surface area (TPSA) is 36.3 Å². The van der Waals surface area contributed by atoms with Crippen molar-refractivity contribution in [1.82, 2.24) is 0 Å². The minimum Gasteiger partial charge on any atom is -0.376 e. The van der Waals surface area contributed by atoms with Crippen LogP contribution in [-0.4, -0.2) is 25.8 Å². The van der Waals surface area contributed by atoms with Crippen LogP contribution in [0.5, 0.6) is 0 Å². The van der Waals surface area contributed by atoms with Crippen molar-refractivity contribution in [2.45, 2.75) is 25.9 Å². The predicted octanol–water partition coefficient (Wildman–Crippen LogP) is 3.33.